The van der Waals surface area contributed by atoms with Crippen LogP contribution in [0.25, 0.3) is 0 Å². The molecule has 0 aromatic heterocycles. The quantitative estimate of drug-likeness (QED) is 0.876. The molecule has 1 spiro atoms. The molecule has 2 N–H and O–H groups in total. The number of hydrogen-bond donors (Lipinski definition) is 2. The minimum Gasteiger partial charge on any atom is -0.467 e. The van der Waals surface area contributed by atoms with Gasteiger partial charge in [0.15, 0.2) is 5.72 Å². The largest absolute Gasteiger partial charge is 0.467 e. The summed E-state index contributed by atoms with van der Waals surface area (Å²) in [5, 5.41) is 6.30. The highest BCUT2D eigenvalue weighted by atomic mass is 16.5. The SMILES string of the molecule is O=C1N[C@]2(C[C@H]3CC[C@H]2C[C@@H]3C(=O)NC2CC2)Oc2ccccc21. The summed E-state index contributed by atoms with van der Waals surface area (Å²) in [6.07, 6.45) is 5.85. The molecule has 1 heterocycles. The second kappa shape index (κ2) is 4.98. The van der Waals surface area contributed by atoms with Crippen molar-refractivity contribution < 1.29 is 14.3 Å². The summed E-state index contributed by atoms with van der Waals surface area (Å²) >= 11 is 0. The van der Waals surface area contributed by atoms with E-state index in [1.165, 1.54) is 0 Å². The summed E-state index contributed by atoms with van der Waals surface area (Å²) < 4.78 is 6.32. The van der Waals surface area contributed by atoms with Crippen molar-refractivity contribution >= 4 is 11.8 Å². The fraction of sp³-hybridized carbons (Fsp3) is 0.579. The predicted molar refractivity (Wildman–Crippen MR) is 87.4 cm³/mol. The van der Waals surface area contributed by atoms with Crippen LogP contribution in [0.1, 0.15) is 48.9 Å². The Morgan fingerprint density at radius 2 is 2.04 bits per heavy atom. The molecule has 2 bridgehead atoms. The van der Waals surface area contributed by atoms with E-state index < -0.39 is 5.72 Å². The second-order valence-corrected chi connectivity index (χ2v) is 7.81. The van der Waals surface area contributed by atoms with Gasteiger partial charge in [0.05, 0.1) is 5.56 Å². The van der Waals surface area contributed by atoms with E-state index in [2.05, 4.69) is 10.6 Å². The Labute approximate surface area is 141 Å². The van der Waals surface area contributed by atoms with Gasteiger partial charge in [0.2, 0.25) is 5.91 Å². The van der Waals surface area contributed by atoms with Gasteiger partial charge in [-0.25, -0.2) is 0 Å². The standard InChI is InChI=1S/C19H22N2O3/c22-17(20-13-7-8-13)15-9-12-6-5-11(15)10-19(12)21-18(23)14-3-1-2-4-16(14)24-19/h1-4,11-13,15H,5-10H2,(H,20,22)(H,21,23)/t11-,12+,15+,19-/m1/s1. The molecule has 24 heavy (non-hydrogen) atoms. The molecule has 4 aliphatic carbocycles. The Morgan fingerprint density at radius 1 is 1.21 bits per heavy atom. The third-order valence-corrected chi connectivity index (χ3v) is 6.23. The Hall–Kier alpha value is -2.04. The maximum absolute atomic E-state index is 12.5. The minimum absolute atomic E-state index is 0.0524. The fourth-order valence-corrected chi connectivity index (χ4v) is 4.82. The number of hydrogen-bond acceptors (Lipinski definition) is 3. The zero-order valence-corrected chi connectivity index (χ0v) is 13.6. The summed E-state index contributed by atoms with van der Waals surface area (Å²) in [5.74, 6) is 1.41. The summed E-state index contributed by atoms with van der Waals surface area (Å²) in [7, 11) is 0. The molecule has 0 unspecified atom stereocenters. The molecule has 6 rings (SSSR count). The molecule has 5 aliphatic rings. The summed E-state index contributed by atoms with van der Waals surface area (Å²) in [4.78, 5) is 25.1. The van der Waals surface area contributed by atoms with Crippen LogP contribution < -0.4 is 15.4 Å². The Kier molecular flexibility index (Phi) is 2.97. The van der Waals surface area contributed by atoms with Crippen molar-refractivity contribution in [2.75, 3.05) is 0 Å². The Balaban J connectivity index is 1.40. The van der Waals surface area contributed by atoms with Crippen LogP contribution in [0.2, 0.25) is 0 Å². The maximum atomic E-state index is 12.5. The Morgan fingerprint density at radius 3 is 2.79 bits per heavy atom. The smallest absolute Gasteiger partial charge is 0.258 e. The molecule has 5 heteroatoms. The maximum Gasteiger partial charge on any atom is 0.258 e. The van der Waals surface area contributed by atoms with E-state index in [0.717, 1.165) is 38.5 Å². The van der Waals surface area contributed by atoms with Crippen molar-refractivity contribution in [2.24, 2.45) is 17.8 Å². The summed E-state index contributed by atoms with van der Waals surface area (Å²) in [5.41, 5.74) is -0.0161. The third kappa shape index (κ3) is 2.14. The normalized spacial score (nSPS) is 36.7. The van der Waals surface area contributed by atoms with Crippen LogP contribution >= 0.6 is 0 Å². The highest BCUT2D eigenvalue weighted by Gasteiger charge is 2.57. The molecule has 1 aliphatic heterocycles. The van der Waals surface area contributed by atoms with Crippen LogP contribution in [0.4, 0.5) is 0 Å². The number of fused-ring (bicyclic) bond motifs is 3. The van der Waals surface area contributed by atoms with Gasteiger partial charge in [-0.15, -0.1) is 0 Å². The number of rotatable bonds is 2. The van der Waals surface area contributed by atoms with Gasteiger partial charge >= 0.3 is 0 Å². The molecule has 126 valence electrons. The van der Waals surface area contributed by atoms with Gasteiger partial charge in [-0.1, -0.05) is 12.1 Å². The van der Waals surface area contributed by atoms with Crippen molar-refractivity contribution in [3.63, 3.8) is 0 Å². The van der Waals surface area contributed by atoms with Gasteiger partial charge in [0.25, 0.3) is 5.91 Å². The van der Waals surface area contributed by atoms with Crippen molar-refractivity contribution in [1.29, 1.82) is 0 Å². The molecule has 2 amide bonds. The molecule has 4 fully saturated rings. The van der Waals surface area contributed by atoms with Gasteiger partial charge in [0.1, 0.15) is 5.75 Å². The summed E-state index contributed by atoms with van der Waals surface area (Å²) in [6.45, 7) is 0. The highest BCUT2D eigenvalue weighted by Crippen LogP contribution is 2.52. The summed E-state index contributed by atoms with van der Waals surface area (Å²) in [6, 6.07) is 7.83. The van der Waals surface area contributed by atoms with Crippen LogP contribution in [0.3, 0.4) is 0 Å². The molecule has 0 saturated heterocycles. The van der Waals surface area contributed by atoms with E-state index in [0.29, 0.717) is 23.3 Å². The number of para-hydroxylation sites is 1. The second-order valence-electron chi connectivity index (χ2n) is 7.81. The zero-order valence-electron chi connectivity index (χ0n) is 13.6. The average molecular weight is 326 g/mol. The molecule has 1 aromatic rings. The molecule has 4 atom stereocenters. The lowest BCUT2D eigenvalue weighted by Gasteiger charge is -2.55. The topological polar surface area (TPSA) is 67.4 Å². The number of amides is 2. The predicted octanol–water partition coefficient (Wildman–Crippen LogP) is 2.22. The highest BCUT2D eigenvalue weighted by molar-refractivity contribution is 5.98. The molecule has 5 nitrogen and oxygen atoms in total. The first-order valence-electron chi connectivity index (χ1n) is 9.05. The van der Waals surface area contributed by atoms with E-state index in [-0.39, 0.29) is 23.7 Å². The van der Waals surface area contributed by atoms with Crippen LogP contribution in [0, 0.1) is 17.8 Å². The van der Waals surface area contributed by atoms with Gasteiger partial charge in [-0.05, 0) is 50.2 Å². The lowest BCUT2D eigenvalue weighted by atomic mass is 9.60. The van der Waals surface area contributed by atoms with Gasteiger partial charge in [-0.2, -0.15) is 0 Å². The van der Waals surface area contributed by atoms with E-state index in [4.69, 9.17) is 4.74 Å². The van der Waals surface area contributed by atoms with Crippen molar-refractivity contribution in [2.45, 2.75) is 50.3 Å². The number of benzene rings is 1. The van der Waals surface area contributed by atoms with Crippen molar-refractivity contribution in [3.05, 3.63) is 29.8 Å². The van der Waals surface area contributed by atoms with E-state index in [1.807, 2.05) is 18.2 Å². The Bertz CT molecular complexity index is 714. The first-order valence-corrected chi connectivity index (χ1v) is 9.05. The lowest BCUT2D eigenvalue weighted by Crippen LogP contribution is -2.67. The van der Waals surface area contributed by atoms with Gasteiger partial charge < -0.3 is 15.4 Å². The first kappa shape index (κ1) is 14.3. The zero-order chi connectivity index (χ0) is 16.3. The average Bonchev–Trinajstić information content (AvgIpc) is 3.39. The van der Waals surface area contributed by atoms with Crippen LogP contribution in [0.5, 0.6) is 5.75 Å². The molecule has 4 saturated carbocycles. The monoisotopic (exact) mass is 326 g/mol. The number of carbonyl (C=O) groups is 2. The van der Waals surface area contributed by atoms with Gasteiger partial charge in [0, 0.05) is 24.3 Å². The third-order valence-electron chi connectivity index (χ3n) is 6.23. The molecular weight excluding hydrogens is 304 g/mol. The number of ether oxygens (including phenoxy) is 1. The van der Waals surface area contributed by atoms with Crippen molar-refractivity contribution in [1.82, 2.24) is 10.6 Å². The minimum atomic E-state index is -0.620. The fourth-order valence-electron chi connectivity index (χ4n) is 4.82. The molecular formula is C19H22N2O3. The molecule has 0 radical (unpaired) electrons. The van der Waals surface area contributed by atoms with Gasteiger partial charge in [-0.3, -0.25) is 9.59 Å². The van der Waals surface area contributed by atoms with Crippen molar-refractivity contribution in [3.8, 4) is 5.75 Å². The van der Waals surface area contributed by atoms with E-state index >= 15 is 0 Å². The van der Waals surface area contributed by atoms with Crippen LogP contribution in [0.15, 0.2) is 24.3 Å². The number of nitrogens with one attached hydrogen (secondary N) is 2. The van der Waals surface area contributed by atoms with Crippen LogP contribution in [-0.4, -0.2) is 23.6 Å². The number of carbonyl (C=O) groups excluding carboxylic acids is 2. The van der Waals surface area contributed by atoms with Crippen LogP contribution in [-0.2, 0) is 4.79 Å². The van der Waals surface area contributed by atoms with E-state index in [9.17, 15) is 9.59 Å². The molecule has 1 aromatic carbocycles. The first-order chi connectivity index (χ1) is 11.6. The lowest BCUT2D eigenvalue weighted by molar-refractivity contribution is -0.146. The van der Waals surface area contributed by atoms with E-state index in [1.54, 1.807) is 6.07 Å².